The van der Waals surface area contributed by atoms with Crippen LogP contribution >= 0.6 is 11.3 Å². The van der Waals surface area contributed by atoms with Gasteiger partial charge in [0.05, 0.1) is 12.3 Å². The highest BCUT2D eigenvalue weighted by Gasteiger charge is 2.23. The summed E-state index contributed by atoms with van der Waals surface area (Å²) >= 11 is 1.36. The first-order chi connectivity index (χ1) is 15.0. The lowest BCUT2D eigenvalue weighted by molar-refractivity contribution is 0.122. The standard InChI is InChI=1S/C22H22N6O2S/c1-22(29,20-25-9-12-31-20)7-5-15-13-17(3-4-18(15)24-8-11-30-2)28-10-6-16-14-26-21(23)27-19(16)28/h3-4,6,9-10,12-14,24,29H,8,11H2,1-2H3,(H2,23,26,27). The van der Waals surface area contributed by atoms with Crippen molar-refractivity contribution in [3.8, 4) is 17.5 Å². The van der Waals surface area contributed by atoms with Crippen molar-refractivity contribution in [2.24, 2.45) is 0 Å². The SMILES string of the molecule is COCCNc1ccc(-n2ccc3cnc(N)nc32)cc1C#CC(C)(O)c1nccs1. The number of nitrogen functional groups attached to an aromatic ring is 1. The number of anilines is 2. The van der Waals surface area contributed by atoms with Gasteiger partial charge in [-0.15, -0.1) is 11.3 Å². The van der Waals surface area contributed by atoms with Crippen molar-refractivity contribution in [3.05, 3.63) is 58.8 Å². The Kier molecular flexibility index (Phi) is 5.86. The number of nitrogens with one attached hydrogen (secondary N) is 1. The summed E-state index contributed by atoms with van der Waals surface area (Å²) in [6.07, 6.45) is 5.26. The molecule has 3 heterocycles. The fourth-order valence-electron chi connectivity index (χ4n) is 3.07. The highest BCUT2D eigenvalue weighted by atomic mass is 32.1. The first kappa shape index (κ1) is 20.8. The van der Waals surface area contributed by atoms with Crippen LogP contribution in [0, 0.1) is 11.8 Å². The van der Waals surface area contributed by atoms with Crippen LogP contribution in [0.1, 0.15) is 17.5 Å². The molecule has 0 aliphatic carbocycles. The lowest BCUT2D eigenvalue weighted by Gasteiger charge is -2.14. The average Bonchev–Trinajstić information content (AvgIpc) is 3.43. The number of nitrogens with zero attached hydrogens (tertiary/aromatic N) is 4. The van der Waals surface area contributed by atoms with Crippen LogP contribution in [0.25, 0.3) is 16.7 Å². The minimum atomic E-state index is -1.35. The van der Waals surface area contributed by atoms with E-state index in [2.05, 4.69) is 32.1 Å². The molecule has 8 nitrogen and oxygen atoms in total. The van der Waals surface area contributed by atoms with Crippen molar-refractivity contribution in [2.75, 3.05) is 31.3 Å². The molecule has 0 aliphatic rings. The first-order valence-corrected chi connectivity index (χ1v) is 10.5. The van der Waals surface area contributed by atoms with Crippen LogP contribution in [0.5, 0.6) is 0 Å². The van der Waals surface area contributed by atoms with Crippen molar-refractivity contribution < 1.29 is 9.84 Å². The third-order valence-electron chi connectivity index (χ3n) is 4.64. The van der Waals surface area contributed by atoms with E-state index in [0.717, 1.165) is 22.3 Å². The van der Waals surface area contributed by atoms with Crippen molar-refractivity contribution >= 4 is 34.0 Å². The Bertz CT molecular complexity index is 1250. The molecule has 4 rings (SSSR count). The molecule has 1 aromatic carbocycles. The maximum absolute atomic E-state index is 10.8. The molecule has 31 heavy (non-hydrogen) atoms. The van der Waals surface area contributed by atoms with Crippen molar-refractivity contribution in [1.29, 1.82) is 0 Å². The number of fused-ring (bicyclic) bond motifs is 1. The predicted molar refractivity (Wildman–Crippen MR) is 122 cm³/mol. The smallest absolute Gasteiger partial charge is 0.221 e. The second kappa shape index (κ2) is 8.73. The second-order valence-electron chi connectivity index (χ2n) is 7.00. The number of aromatic nitrogens is 4. The Morgan fingerprint density at radius 1 is 1.32 bits per heavy atom. The van der Waals surface area contributed by atoms with E-state index in [1.807, 2.05) is 40.4 Å². The monoisotopic (exact) mass is 434 g/mol. The fourth-order valence-corrected chi connectivity index (χ4v) is 3.73. The molecule has 1 unspecified atom stereocenters. The number of methoxy groups -OCH3 is 1. The average molecular weight is 435 g/mol. The van der Waals surface area contributed by atoms with E-state index in [1.54, 1.807) is 26.4 Å². The topological polar surface area (TPSA) is 111 Å². The summed E-state index contributed by atoms with van der Waals surface area (Å²) in [5, 5.41) is 17.3. The van der Waals surface area contributed by atoms with Crippen molar-refractivity contribution in [2.45, 2.75) is 12.5 Å². The largest absolute Gasteiger partial charge is 0.383 e. The fraction of sp³-hybridized carbons (Fsp3) is 0.227. The van der Waals surface area contributed by atoms with Gasteiger partial charge in [0.25, 0.3) is 0 Å². The van der Waals surface area contributed by atoms with Gasteiger partial charge < -0.3 is 25.5 Å². The van der Waals surface area contributed by atoms with Crippen LogP contribution in [-0.4, -0.2) is 44.9 Å². The molecule has 0 amide bonds. The van der Waals surface area contributed by atoms with Crippen LogP contribution < -0.4 is 11.1 Å². The Labute approximate surface area is 183 Å². The van der Waals surface area contributed by atoms with Crippen molar-refractivity contribution in [1.82, 2.24) is 19.5 Å². The number of hydrogen-bond acceptors (Lipinski definition) is 8. The maximum Gasteiger partial charge on any atom is 0.221 e. The quantitative estimate of drug-likeness (QED) is 0.316. The molecule has 0 saturated carbocycles. The number of aliphatic hydroxyl groups is 1. The molecular weight excluding hydrogens is 412 g/mol. The van der Waals surface area contributed by atoms with E-state index in [4.69, 9.17) is 10.5 Å². The van der Waals surface area contributed by atoms with E-state index in [0.29, 0.717) is 23.8 Å². The third-order valence-corrected chi connectivity index (χ3v) is 5.62. The van der Waals surface area contributed by atoms with Crippen LogP contribution in [0.2, 0.25) is 0 Å². The Morgan fingerprint density at radius 2 is 2.19 bits per heavy atom. The van der Waals surface area contributed by atoms with Gasteiger partial charge in [-0.25, -0.2) is 9.97 Å². The molecule has 0 saturated heterocycles. The van der Waals surface area contributed by atoms with E-state index in [9.17, 15) is 5.11 Å². The summed E-state index contributed by atoms with van der Waals surface area (Å²) in [6.45, 7) is 2.83. The molecule has 0 aliphatic heterocycles. The molecule has 4 aromatic rings. The highest BCUT2D eigenvalue weighted by molar-refractivity contribution is 7.09. The van der Waals surface area contributed by atoms with Crippen LogP contribution in [0.4, 0.5) is 11.6 Å². The molecule has 0 bridgehead atoms. The lowest BCUT2D eigenvalue weighted by Crippen LogP contribution is -2.18. The molecule has 0 spiro atoms. The highest BCUT2D eigenvalue weighted by Crippen LogP contribution is 2.25. The number of nitrogens with two attached hydrogens (primary N) is 1. The van der Waals surface area contributed by atoms with E-state index in [-0.39, 0.29) is 5.95 Å². The molecule has 1 atom stereocenters. The van der Waals surface area contributed by atoms with Gasteiger partial charge in [-0.3, -0.25) is 0 Å². The zero-order valence-corrected chi connectivity index (χ0v) is 18.0. The van der Waals surface area contributed by atoms with E-state index in [1.165, 1.54) is 11.3 Å². The number of benzene rings is 1. The molecule has 0 radical (unpaired) electrons. The number of thiazole rings is 1. The number of ether oxygens (including phenoxy) is 1. The number of hydrogen-bond donors (Lipinski definition) is 3. The zero-order valence-electron chi connectivity index (χ0n) is 17.2. The van der Waals surface area contributed by atoms with Crippen LogP contribution in [-0.2, 0) is 10.3 Å². The lowest BCUT2D eigenvalue weighted by atomic mass is 10.1. The van der Waals surface area contributed by atoms with Gasteiger partial charge in [-0.1, -0.05) is 11.8 Å². The summed E-state index contributed by atoms with van der Waals surface area (Å²) in [5.41, 5.74) is 7.58. The second-order valence-corrected chi connectivity index (χ2v) is 7.90. The molecule has 158 valence electrons. The van der Waals surface area contributed by atoms with Gasteiger partial charge in [0.15, 0.2) is 5.60 Å². The summed E-state index contributed by atoms with van der Waals surface area (Å²) in [6, 6.07) is 7.79. The van der Waals surface area contributed by atoms with Crippen LogP contribution in [0.3, 0.4) is 0 Å². The van der Waals surface area contributed by atoms with Gasteiger partial charge in [0.1, 0.15) is 10.7 Å². The Morgan fingerprint density at radius 3 is 2.97 bits per heavy atom. The summed E-state index contributed by atoms with van der Waals surface area (Å²) in [7, 11) is 1.65. The maximum atomic E-state index is 10.8. The number of rotatable bonds is 6. The normalized spacial score (nSPS) is 12.9. The third kappa shape index (κ3) is 4.51. The van der Waals surface area contributed by atoms with Gasteiger partial charge >= 0.3 is 0 Å². The zero-order chi connectivity index (χ0) is 21.8. The molecule has 4 N–H and O–H groups in total. The Balaban J connectivity index is 1.76. The molecule has 3 aromatic heterocycles. The first-order valence-electron chi connectivity index (χ1n) is 9.60. The Hall–Kier alpha value is -3.45. The van der Waals surface area contributed by atoms with Crippen LogP contribution in [0.15, 0.2) is 48.2 Å². The summed E-state index contributed by atoms with van der Waals surface area (Å²) in [4.78, 5) is 12.6. The van der Waals surface area contributed by atoms with E-state index < -0.39 is 5.60 Å². The minimum Gasteiger partial charge on any atom is -0.383 e. The van der Waals surface area contributed by atoms with Gasteiger partial charge in [0.2, 0.25) is 5.95 Å². The summed E-state index contributed by atoms with van der Waals surface area (Å²) < 4.78 is 7.06. The molecular formula is C22H22N6O2S. The van der Waals surface area contributed by atoms with E-state index >= 15 is 0 Å². The molecule has 9 heteroatoms. The predicted octanol–water partition coefficient (Wildman–Crippen LogP) is 2.78. The summed E-state index contributed by atoms with van der Waals surface area (Å²) in [5.74, 6) is 6.29. The minimum absolute atomic E-state index is 0.213. The van der Waals surface area contributed by atoms with Gasteiger partial charge in [-0.2, -0.15) is 4.98 Å². The van der Waals surface area contributed by atoms with Crippen molar-refractivity contribution in [3.63, 3.8) is 0 Å². The van der Waals surface area contributed by atoms with Gasteiger partial charge in [-0.05, 0) is 31.2 Å². The molecule has 0 fully saturated rings. The van der Waals surface area contributed by atoms with Gasteiger partial charge in [0, 0.05) is 54.3 Å².